The highest BCUT2D eigenvalue weighted by molar-refractivity contribution is 9.10. The van der Waals surface area contributed by atoms with Gasteiger partial charge in [0.15, 0.2) is 0 Å². The van der Waals surface area contributed by atoms with Crippen molar-refractivity contribution in [1.29, 1.82) is 0 Å². The largest absolute Gasteiger partial charge is 0.477 e. The highest BCUT2D eigenvalue weighted by Gasteiger charge is 2.10. The zero-order valence-corrected chi connectivity index (χ0v) is 10.9. The van der Waals surface area contributed by atoms with Crippen LogP contribution in [-0.4, -0.2) is 21.0 Å². The van der Waals surface area contributed by atoms with Gasteiger partial charge in [-0.2, -0.15) is 0 Å². The Morgan fingerprint density at radius 3 is 2.56 bits per heavy atom. The van der Waals surface area contributed by atoms with Crippen LogP contribution in [0.3, 0.4) is 0 Å². The number of aromatic carboxylic acids is 1. The van der Waals surface area contributed by atoms with E-state index in [9.17, 15) is 4.79 Å². The van der Waals surface area contributed by atoms with Gasteiger partial charge in [0, 0.05) is 17.1 Å². The van der Waals surface area contributed by atoms with Crippen molar-refractivity contribution in [2.45, 2.75) is 6.42 Å². The third-order valence-electron chi connectivity index (χ3n) is 2.37. The van der Waals surface area contributed by atoms with Crippen molar-refractivity contribution >= 4 is 27.7 Å². The van der Waals surface area contributed by atoms with Gasteiger partial charge in [-0.1, -0.05) is 28.1 Å². The Balaban J connectivity index is 2.22. The summed E-state index contributed by atoms with van der Waals surface area (Å²) in [5.74, 6) is -0.632. The van der Waals surface area contributed by atoms with Crippen LogP contribution in [0.15, 0.2) is 34.9 Å². The second-order valence-electron chi connectivity index (χ2n) is 3.69. The van der Waals surface area contributed by atoms with Gasteiger partial charge in [0.1, 0.15) is 17.2 Å². The number of nitrogens with zero attached hydrogens (tertiary/aromatic N) is 2. The van der Waals surface area contributed by atoms with E-state index in [0.29, 0.717) is 12.2 Å². The van der Waals surface area contributed by atoms with E-state index in [1.807, 2.05) is 24.3 Å². The van der Waals surface area contributed by atoms with Crippen LogP contribution in [0.2, 0.25) is 0 Å². The predicted molar refractivity (Wildman–Crippen MR) is 70.4 cm³/mol. The molecule has 1 aromatic carbocycles. The van der Waals surface area contributed by atoms with E-state index < -0.39 is 5.97 Å². The molecule has 0 fully saturated rings. The van der Waals surface area contributed by atoms with Crippen molar-refractivity contribution in [1.82, 2.24) is 9.97 Å². The molecule has 1 aromatic heterocycles. The van der Waals surface area contributed by atoms with E-state index in [-0.39, 0.29) is 11.4 Å². The van der Waals surface area contributed by atoms with Crippen LogP contribution in [0, 0.1) is 0 Å². The van der Waals surface area contributed by atoms with Gasteiger partial charge < -0.3 is 10.8 Å². The molecule has 0 aliphatic rings. The Kier molecular flexibility index (Phi) is 3.57. The van der Waals surface area contributed by atoms with Crippen LogP contribution in [0.4, 0.5) is 5.82 Å². The lowest BCUT2D eigenvalue weighted by atomic mass is 10.1. The maximum Gasteiger partial charge on any atom is 0.341 e. The molecule has 0 bridgehead atoms. The molecule has 18 heavy (non-hydrogen) atoms. The fraction of sp³-hybridized carbons (Fsp3) is 0.0833. The monoisotopic (exact) mass is 307 g/mol. The minimum absolute atomic E-state index is 0.00962. The average Bonchev–Trinajstić information content (AvgIpc) is 2.32. The fourth-order valence-electron chi connectivity index (χ4n) is 1.47. The third kappa shape index (κ3) is 2.84. The predicted octanol–water partition coefficient (Wildman–Crippen LogP) is 2.11. The lowest BCUT2D eigenvalue weighted by molar-refractivity contribution is 0.0697. The number of aromatic nitrogens is 2. The molecule has 2 aromatic rings. The summed E-state index contributed by atoms with van der Waals surface area (Å²) in [5.41, 5.74) is 6.51. The molecule has 92 valence electrons. The molecule has 0 unspecified atom stereocenters. The molecule has 3 N–H and O–H groups in total. The number of nitrogens with two attached hydrogens (primary N) is 1. The summed E-state index contributed by atoms with van der Waals surface area (Å²) >= 11 is 3.35. The second-order valence-corrected chi connectivity index (χ2v) is 4.61. The van der Waals surface area contributed by atoms with Crippen LogP contribution >= 0.6 is 15.9 Å². The summed E-state index contributed by atoms with van der Waals surface area (Å²) in [4.78, 5) is 18.7. The summed E-state index contributed by atoms with van der Waals surface area (Å²) in [6, 6.07) is 7.72. The number of benzene rings is 1. The molecule has 0 aliphatic carbocycles. The number of carboxylic acids is 1. The Bertz CT molecular complexity index is 584. The number of rotatable bonds is 3. The summed E-state index contributed by atoms with van der Waals surface area (Å²) in [7, 11) is 0. The molecule has 6 heteroatoms. The minimum atomic E-state index is -1.12. The Morgan fingerprint density at radius 1 is 1.33 bits per heavy atom. The molecule has 0 amide bonds. The maximum atomic E-state index is 10.8. The Labute approximate surface area is 112 Å². The zero-order valence-electron chi connectivity index (χ0n) is 9.30. The number of halogens is 1. The van der Waals surface area contributed by atoms with Crippen LogP contribution < -0.4 is 5.73 Å². The summed E-state index contributed by atoms with van der Waals surface area (Å²) < 4.78 is 0.993. The summed E-state index contributed by atoms with van der Waals surface area (Å²) in [5, 5.41) is 8.81. The topological polar surface area (TPSA) is 89.1 Å². The van der Waals surface area contributed by atoms with Crippen LogP contribution in [-0.2, 0) is 6.42 Å². The van der Waals surface area contributed by atoms with Gasteiger partial charge in [0.05, 0.1) is 0 Å². The average molecular weight is 308 g/mol. The van der Waals surface area contributed by atoms with Gasteiger partial charge in [-0.25, -0.2) is 14.8 Å². The van der Waals surface area contributed by atoms with Crippen LogP contribution in [0.5, 0.6) is 0 Å². The van der Waals surface area contributed by atoms with Crippen molar-refractivity contribution in [2.75, 3.05) is 5.73 Å². The molecule has 5 nitrogen and oxygen atoms in total. The molecular weight excluding hydrogens is 298 g/mol. The first-order chi connectivity index (χ1) is 8.56. The first-order valence-corrected chi connectivity index (χ1v) is 5.94. The van der Waals surface area contributed by atoms with E-state index in [2.05, 4.69) is 25.9 Å². The molecule has 0 atom stereocenters. The standard InChI is InChI=1S/C12H10BrN3O2/c13-8-3-1-7(2-4-8)5-10-15-6-9(12(17)18)11(14)16-10/h1-4,6H,5H2,(H,17,18)(H2,14,15,16). The molecule has 2 rings (SSSR count). The minimum Gasteiger partial charge on any atom is -0.477 e. The van der Waals surface area contributed by atoms with Crippen LogP contribution in [0.1, 0.15) is 21.7 Å². The maximum absolute atomic E-state index is 10.8. The zero-order chi connectivity index (χ0) is 13.1. The molecular formula is C12H10BrN3O2. The molecule has 0 radical (unpaired) electrons. The molecule has 0 saturated heterocycles. The Hall–Kier alpha value is -1.95. The van der Waals surface area contributed by atoms with Crippen LogP contribution in [0.25, 0.3) is 0 Å². The van der Waals surface area contributed by atoms with Gasteiger partial charge in [-0.15, -0.1) is 0 Å². The smallest absolute Gasteiger partial charge is 0.341 e. The molecule has 0 aliphatic heterocycles. The molecule has 0 saturated carbocycles. The first kappa shape index (κ1) is 12.5. The molecule has 0 spiro atoms. The van der Waals surface area contributed by atoms with Crippen molar-refractivity contribution in [2.24, 2.45) is 0 Å². The highest BCUT2D eigenvalue weighted by atomic mass is 79.9. The lowest BCUT2D eigenvalue weighted by Gasteiger charge is -2.04. The lowest BCUT2D eigenvalue weighted by Crippen LogP contribution is -2.08. The number of carbonyl (C=O) groups is 1. The third-order valence-corrected chi connectivity index (χ3v) is 2.90. The van der Waals surface area contributed by atoms with Crippen molar-refractivity contribution in [3.8, 4) is 0 Å². The van der Waals surface area contributed by atoms with E-state index in [1.54, 1.807) is 0 Å². The molecule has 1 heterocycles. The van der Waals surface area contributed by atoms with Gasteiger partial charge in [0.2, 0.25) is 0 Å². The van der Waals surface area contributed by atoms with Gasteiger partial charge in [0.25, 0.3) is 0 Å². The van der Waals surface area contributed by atoms with Crippen molar-refractivity contribution in [3.05, 3.63) is 51.9 Å². The van der Waals surface area contributed by atoms with Crippen molar-refractivity contribution in [3.63, 3.8) is 0 Å². The quantitative estimate of drug-likeness (QED) is 0.906. The number of hydrogen-bond acceptors (Lipinski definition) is 4. The normalized spacial score (nSPS) is 10.3. The number of carboxylic acid groups (broad SMARTS) is 1. The van der Waals surface area contributed by atoms with E-state index in [4.69, 9.17) is 10.8 Å². The van der Waals surface area contributed by atoms with E-state index >= 15 is 0 Å². The summed E-state index contributed by atoms with van der Waals surface area (Å²) in [6.45, 7) is 0. The summed E-state index contributed by atoms with van der Waals surface area (Å²) in [6.07, 6.45) is 1.75. The van der Waals surface area contributed by atoms with Gasteiger partial charge in [-0.3, -0.25) is 0 Å². The van der Waals surface area contributed by atoms with E-state index in [1.165, 1.54) is 6.20 Å². The highest BCUT2D eigenvalue weighted by Crippen LogP contribution is 2.14. The number of nitrogen functional groups attached to an aromatic ring is 1. The first-order valence-electron chi connectivity index (χ1n) is 5.15. The SMILES string of the molecule is Nc1nc(Cc2ccc(Br)cc2)ncc1C(=O)O. The number of anilines is 1. The number of hydrogen-bond donors (Lipinski definition) is 2. The van der Waals surface area contributed by atoms with Gasteiger partial charge >= 0.3 is 5.97 Å². The van der Waals surface area contributed by atoms with Gasteiger partial charge in [-0.05, 0) is 17.7 Å². The Morgan fingerprint density at radius 2 is 2.00 bits per heavy atom. The fourth-order valence-corrected chi connectivity index (χ4v) is 1.73. The van der Waals surface area contributed by atoms with E-state index in [0.717, 1.165) is 10.0 Å². The second kappa shape index (κ2) is 5.14. The van der Waals surface area contributed by atoms with Crippen molar-refractivity contribution < 1.29 is 9.90 Å².